The number of hydrogen-bond donors (Lipinski definition) is 1. The summed E-state index contributed by atoms with van der Waals surface area (Å²) in [5.74, 6) is 0. The van der Waals surface area contributed by atoms with Crippen molar-refractivity contribution in [2.75, 3.05) is 0 Å². The second-order valence-corrected chi connectivity index (χ2v) is 9.05. The summed E-state index contributed by atoms with van der Waals surface area (Å²) in [5, 5.41) is 1.24. The van der Waals surface area contributed by atoms with Crippen LogP contribution in [-0.4, -0.2) is 14.0 Å². The van der Waals surface area contributed by atoms with Crippen LogP contribution in [0.1, 0.15) is 52.2 Å². The number of aryl methyl sites for hydroxylation is 1. The predicted molar refractivity (Wildman–Crippen MR) is 90.4 cm³/mol. The van der Waals surface area contributed by atoms with Crippen molar-refractivity contribution in [1.82, 2.24) is 4.72 Å². The van der Waals surface area contributed by atoms with Crippen molar-refractivity contribution >= 4 is 16.1 Å². The topological polar surface area (TPSA) is 46.2 Å². The molecule has 0 aromatic heterocycles. The Kier molecular flexibility index (Phi) is 5.40. The lowest BCUT2D eigenvalue weighted by Gasteiger charge is -2.32. The van der Waals surface area contributed by atoms with Gasteiger partial charge in [0, 0.05) is 10.9 Å². The van der Waals surface area contributed by atoms with Crippen LogP contribution in [0.15, 0.2) is 29.7 Å². The zero-order chi connectivity index (χ0) is 16.3. The van der Waals surface area contributed by atoms with Crippen molar-refractivity contribution in [2.45, 2.75) is 53.5 Å². The minimum absolute atomic E-state index is 0.0622. The lowest BCUT2D eigenvalue weighted by molar-refractivity contribution is 0.270. The highest BCUT2D eigenvalue weighted by Crippen LogP contribution is 2.27. The maximum Gasteiger partial charge on any atom is 0.234 e. The molecule has 1 aromatic rings. The fraction of sp³-hybridized carbons (Fsp3) is 0.529. The Hall–Kier alpha value is -1.13. The maximum atomic E-state index is 12.2. The number of hydrogen-bond acceptors (Lipinski definition) is 2. The number of nitrogens with one attached hydrogen (secondary N) is 1. The standard InChI is InChI=1S/C17H27NO2S/c1-14-7-9-15(10-8-14)11-12-21(19,20)18-17(5,6)13-16(2,3)4/h7-12,18H,13H2,1-6H3. The minimum Gasteiger partial charge on any atom is -0.208 e. The average molecular weight is 309 g/mol. The van der Waals surface area contributed by atoms with Crippen LogP contribution in [0.4, 0.5) is 0 Å². The van der Waals surface area contributed by atoms with Crippen molar-refractivity contribution in [3.8, 4) is 0 Å². The molecule has 0 aliphatic rings. The predicted octanol–water partition coefficient (Wildman–Crippen LogP) is 4.10. The normalized spacial score (nSPS) is 13.8. The molecule has 0 saturated carbocycles. The Balaban J connectivity index is 2.80. The van der Waals surface area contributed by atoms with Gasteiger partial charge in [-0.05, 0) is 44.2 Å². The molecule has 0 unspecified atom stereocenters. The van der Waals surface area contributed by atoms with Crippen LogP contribution >= 0.6 is 0 Å². The highest BCUT2D eigenvalue weighted by Gasteiger charge is 2.28. The summed E-state index contributed by atoms with van der Waals surface area (Å²) < 4.78 is 27.1. The average Bonchev–Trinajstić information content (AvgIpc) is 2.23. The second kappa shape index (κ2) is 6.32. The monoisotopic (exact) mass is 309 g/mol. The minimum atomic E-state index is -3.45. The molecule has 0 aliphatic heterocycles. The second-order valence-electron chi connectivity index (χ2n) is 7.48. The summed E-state index contributed by atoms with van der Waals surface area (Å²) in [6.07, 6.45) is 2.38. The van der Waals surface area contributed by atoms with E-state index in [2.05, 4.69) is 25.5 Å². The first-order valence-corrected chi connectivity index (χ1v) is 8.72. The van der Waals surface area contributed by atoms with Gasteiger partial charge in [-0.3, -0.25) is 0 Å². The fourth-order valence-electron chi connectivity index (χ4n) is 2.63. The molecule has 1 N–H and O–H groups in total. The van der Waals surface area contributed by atoms with Crippen LogP contribution in [0.25, 0.3) is 6.08 Å². The van der Waals surface area contributed by atoms with Crippen molar-refractivity contribution in [3.63, 3.8) is 0 Å². The van der Waals surface area contributed by atoms with Gasteiger partial charge in [0.25, 0.3) is 0 Å². The third-order valence-electron chi connectivity index (χ3n) is 2.91. The van der Waals surface area contributed by atoms with Gasteiger partial charge in [0.05, 0.1) is 0 Å². The lowest BCUT2D eigenvalue weighted by atomic mass is 9.82. The van der Waals surface area contributed by atoms with Gasteiger partial charge in [-0.2, -0.15) is 0 Å². The van der Waals surface area contributed by atoms with E-state index in [1.54, 1.807) is 6.08 Å². The Labute approximate surface area is 129 Å². The van der Waals surface area contributed by atoms with E-state index in [4.69, 9.17) is 0 Å². The smallest absolute Gasteiger partial charge is 0.208 e. The van der Waals surface area contributed by atoms with E-state index >= 15 is 0 Å². The first kappa shape index (κ1) is 17.9. The van der Waals surface area contributed by atoms with Gasteiger partial charge in [-0.25, -0.2) is 13.1 Å². The summed E-state index contributed by atoms with van der Waals surface area (Å²) >= 11 is 0. The van der Waals surface area contributed by atoms with Crippen molar-refractivity contribution < 1.29 is 8.42 Å². The van der Waals surface area contributed by atoms with Gasteiger partial charge in [0.15, 0.2) is 0 Å². The Morgan fingerprint density at radius 1 is 1.05 bits per heavy atom. The quantitative estimate of drug-likeness (QED) is 0.890. The van der Waals surface area contributed by atoms with Crippen LogP contribution in [0.3, 0.4) is 0 Å². The fourth-order valence-corrected chi connectivity index (χ4v) is 3.87. The molecule has 3 nitrogen and oxygen atoms in total. The molecule has 0 saturated heterocycles. The van der Waals surface area contributed by atoms with Gasteiger partial charge in [-0.15, -0.1) is 0 Å². The van der Waals surface area contributed by atoms with Crippen molar-refractivity contribution in [2.24, 2.45) is 5.41 Å². The van der Waals surface area contributed by atoms with Crippen LogP contribution < -0.4 is 4.72 Å². The number of rotatable bonds is 5. The zero-order valence-corrected chi connectivity index (χ0v) is 14.7. The molecular formula is C17H27NO2S. The first-order valence-electron chi connectivity index (χ1n) is 7.17. The molecule has 21 heavy (non-hydrogen) atoms. The van der Waals surface area contributed by atoms with Crippen LogP contribution in [0.5, 0.6) is 0 Å². The van der Waals surface area contributed by atoms with Crippen molar-refractivity contribution in [3.05, 3.63) is 40.8 Å². The van der Waals surface area contributed by atoms with Crippen LogP contribution in [0.2, 0.25) is 0 Å². The first-order chi connectivity index (χ1) is 9.39. The van der Waals surface area contributed by atoms with Crippen LogP contribution in [0, 0.1) is 12.3 Å². The summed E-state index contributed by atoms with van der Waals surface area (Å²) in [4.78, 5) is 0. The summed E-state index contributed by atoms with van der Waals surface area (Å²) in [6, 6.07) is 7.73. The molecule has 1 aromatic carbocycles. The summed E-state index contributed by atoms with van der Waals surface area (Å²) in [5.41, 5.74) is 1.61. The lowest BCUT2D eigenvalue weighted by Crippen LogP contribution is -2.44. The largest absolute Gasteiger partial charge is 0.234 e. The van der Waals surface area contributed by atoms with Gasteiger partial charge in [-0.1, -0.05) is 50.6 Å². The molecule has 0 bridgehead atoms. The molecule has 0 heterocycles. The summed E-state index contributed by atoms with van der Waals surface area (Å²) in [7, 11) is -3.45. The highest BCUT2D eigenvalue weighted by molar-refractivity contribution is 7.92. The summed E-state index contributed by atoms with van der Waals surface area (Å²) in [6.45, 7) is 12.1. The van der Waals surface area contributed by atoms with Gasteiger partial charge >= 0.3 is 0 Å². The highest BCUT2D eigenvalue weighted by atomic mass is 32.2. The van der Waals surface area contributed by atoms with E-state index in [1.165, 1.54) is 5.41 Å². The molecule has 0 spiro atoms. The third-order valence-corrected chi connectivity index (χ3v) is 4.24. The Bertz CT molecular complexity index is 591. The molecule has 0 amide bonds. The number of sulfonamides is 1. The SMILES string of the molecule is Cc1ccc(C=CS(=O)(=O)NC(C)(C)CC(C)(C)C)cc1. The number of benzene rings is 1. The van der Waals surface area contributed by atoms with E-state index in [1.807, 2.05) is 45.0 Å². The molecule has 0 atom stereocenters. The van der Waals surface area contributed by atoms with Gasteiger partial charge in [0.1, 0.15) is 0 Å². The van der Waals surface area contributed by atoms with Gasteiger partial charge in [0.2, 0.25) is 10.0 Å². The molecule has 1 rings (SSSR count). The van der Waals surface area contributed by atoms with E-state index in [0.717, 1.165) is 17.5 Å². The van der Waals surface area contributed by atoms with Crippen molar-refractivity contribution in [1.29, 1.82) is 0 Å². The Morgan fingerprint density at radius 3 is 2.05 bits per heavy atom. The molecule has 118 valence electrons. The van der Waals surface area contributed by atoms with E-state index in [0.29, 0.717) is 0 Å². The molecule has 0 fully saturated rings. The molecule has 0 aliphatic carbocycles. The molecule has 4 heteroatoms. The zero-order valence-electron chi connectivity index (χ0n) is 13.9. The molecular weight excluding hydrogens is 282 g/mol. The Morgan fingerprint density at radius 2 is 1.57 bits per heavy atom. The van der Waals surface area contributed by atoms with Crippen LogP contribution in [-0.2, 0) is 10.0 Å². The van der Waals surface area contributed by atoms with Gasteiger partial charge < -0.3 is 0 Å². The van der Waals surface area contributed by atoms with E-state index in [-0.39, 0.29) is 5.41 Å². The third kappa shape index (κ3) is 7.44. The van der Waals surface area contributed by atoms with E-state index in [9.17, 15) is 8.42 Å². The van der Waals surface area contributed by atoms with E-state index < -0.39 is 15.6 Å². The maximum absolute atomic E-state index is 12.2. The molecule has 0 radical (unpaired) electrons.